The predicted octanol–water partition coefficient (Wildman–Crippen LogP) is 5.23. The fourth-order valence-corrected chi connectivity index (χ4v) is 5.61. The Morgan fingerprint density at radius 2 is 1.67 bits per heavy atom. The third-order valence-corrected chi connectivity index (χ3v) is 7.46. The third-order valence-electron chi connectivity index (χ3n) is 7.19. The van der Waals surface area contributed by atoms with Crippen LogP contribution in [0.1, 0.15) is 30.0 Å². The summed E-state index contributed by atoms with van der Waals surface area (Å²) < 4.78 is 15.0. The van der Waals surface area contributed by atoms with Gasteiger partial charge in [0.2, 0.25) is 0 Å². The summed E-state index contributed by atoms with van der Waals surface area (Å²) >= 11 is 6.25. The minimum absolute atomic E-state index is 0.0155. The Kier molecular flexibility index (Phi) is 5.37. The van der Waals surface area contributed by atoms with Gasteiger partial charge in [-0.15, -0.1) is 0 Å². The topological polar surface area (TPSA) is 62.1 Å². The molecule has 2 heterocycles. The summed E-state index contributed by atoms with van der Waals surface area (Å²) in [5, 5.41) is 0.391. The normalized spacial score (nSPS) is 25.9. The Labute approximate surface area is 197 Å². The van der Waals surface area contributed by atoms with Crippen molar-refractivity contribution in [3.63, 3.8) is 0 Å². The highest BCUT2D eigenvalue weighted by molar-refractivity contribution is 6.33. The van der Waals surface area contributed by atoms with E-state index in [1.165, 1.54) is 17.5 Å². The maximum Gasteiger partial charge on any atom is 0.165 e. The summed E-state index contributed by atoms with van der Waals surface area (Å²) in [6.07, 6.45) is 5.44. The molecule has 2 aliphatic carbocycles. The molecule has 2 aromatic heterocycles. The lowest BCUT2D eigenvalue weighted by molar-refractivity contribution is -0.0400. The van der Waals surface area contributed by atoms with Gasteiger partial charge in [-0.2, -0.15) is 0 Å². The van der Waals surface area contributed by atoms with Crippen LogP contribution in [-0.4, -0.2) is 32.2 Å². The Morgan fingerprint density at radius 1 is 0.939 bits per heavy atom. The van der Waals surface area contributed by atoms with E-state index in [0.29, 0.717) is 36.4 Å². The van der Waals surface area contributed by atoms with Crippen molar-refractivity contribution in [2.45, 2.75) is 38.2 Å². The average Bonchev–Trinajstić information content (AvgIpc) is 3.27. The monoisotopic (exact) mass is 460 g/mol. The fraction of sp³-hybridized carbons (Fsp3) is 0.346. The van der Waals surface area contributed by atoms with Gasteiger partial charge in [0.1, 0.15) is 11.8 Å². The summed E-state index contributed by atoms with van der Waals surface area (Å²) in [6.45, 7) is 1.90. The molecular weight excluding hydrogens is 436 g/mol. The van der Waals surface area contributed by atoms with Crippen molar-refractivity contribution < 1.29 is 9.47 Å². The van der Waals surface area contributed by atoms with Gasteiger partial charge in [0.25, 0.3) is 0 Å². The van der Waals surface area contributed by atoms with Crippen LogP contribution in [0.4, 0.5) is 0 Å². The molecule has 4 atom stereocenters. The number of aromatic nitrogens is 4. The molecule has 2 fully saturated rings. The Bertz CT molecular complexity index is 1250. The molecule has 0 bridgehead atoms. The van der Waals surface area contributed by atoms with Crippen molar-refractivity contribution in [1.29, 1.82) is 0 Å². The SMILES string of the molecule is Clc1ncnc2c1ncn2[C@H]1C[C@H](OCc2ccccc2)[C@]2(COCc3ccccc3)C[C@H]12. The van der Waals surface area contributed by atoms with Gasteiger partial charge in [-0.25, -0.2) is 15.0 Å². The van der Waals surface area contributed by atoms with E-state index in [4.69, 9.17) is 21.1 Å². The molecule has 33 heavy (non-hydrogen) atoms. The number of rotatable bonds is 8. The molecule has 0 N–H and O–H groups in total. The molecule has 2 saturated carbocycles. The van der Waals surface area contributed by atoms with Crippen LogP contribution in [0.3, 0.4) is 0 Å². The molecule has 0 saturated heterocycles. The minimum atomic E-state index is 0.0155. The maximum absolute atomic E-state index is 6.54. The van der Waals surface area contributed by atoms with Crippen LogP contribution in [-0.2, 0) is 22.7 Å². The summed E-state index contributed by atoms with van der Waals surface area (Å²) in [5.41, 5.74) is 3.83. The number of benzene rings is 2. The first-order valence-electron chi connectivity index (χ1n) is 11.3. The lowest BCUT2D eigenvalue weighted by Gasteiger charge is -2.24. The third kappa shape index (κ3) is 3.82. The maximum atomic E-state index is 6.54. The Hall–Kier alpha value is -2.80. The summed E-state index contributed by atoms with van der Waals surface area (Å²) in [6, 6.07) is 20.9. The number of halogens is 1. The highest BCUT2D eigenvalue weighted by atomic mass is 35.5. The Balaban J connectivity index is 1.23. The van der Waals surface area contributed by atoms with Crippen molar-refractivity contribution in [3.05, 3.63) is 89.6 Å². The molecule has 168 valence electrons. The molecule has 0 unspecified atom stereocenters. The van der Waals surface area contributed by atoms with Crippen molar-refractivity contribution in [2.24, 2.45) is 11.3 Å². The van der Waals surface area contributed by atoms with Crippen LogP contribution in [0, 0.1) is 11.3 Å². The summed E-state index contributed by atoms with van der Waals surface area (Å²) in [4.78, 5) is 13.0. The number of ether oxygens (including phenoxy) is 2. The average molecular weight is 461 g/mol. The van der Waals surface area contributed by atoms with Crippen LogP contribution in [0.2, 0.25) is 5.15 Å². The standard InChI is InChI=1S/C26H25ClN4O2/c27-24-23-25(29-16-28-24)31(17-30-23)21-11-22(33-14-19-9-5-2-6-10-19)26(12-20(21)26)15-32-13-18-7-3-1-4-8-18/h1-10,16-17,20-22H,11-15H2/t20-,21+,22+,26+/m1/s1. The second kappa shape index (κ2) is 8.52. The lowest BCUT2D eigenvalue weighted by Crippen LogP contribution is -2.27. The van der Waals surface area contributed by atoms with E-state index < -0.39 is 0 Å². The van der Waals surface area contributed by atoms with E-state index in [2.05, 4.69) is 55.9 Å². The van der Waals surface area contributed by atoms with Gasteiger partial charge >= 0.3 is 0 Å². The van der Waals surface area contributed by atoms with Gasteiger partial charge in [-0.1, -0.05) is 72.3 Å². The van der Waals surface area contributed by atoms with E-state index in [1.807, 2.05) is 30.6 Å². The van der Waals surface area contributed by atoms with Crippen molar-refractivity contribution >= 4 is 22.8 Å². The molecule has 6 nitrogen and oxygen atoms in total. The van der Waals surface area contributed by atoms with E-state index in [1.54, 1.807) is 0 Å². The zero-order valence-corrected chi connectivity index (χ0v) is 18.9. The van der Waals surface area contributed by atoms with Crippen molar-refractivity contribution in [3.8, 4) is 0 Å². The van der Waals surface area contributed by atoms with E-state index in [-0.39, 0.29) is 17.6 Å². The zero-order chi connectivity index (χ0) is 22.3. The second-order valence-electron chi connectivity index (χ2n) is 9.10. The van der Waals surface area contributed by atoms with Crippen LogP contribution in [0.5, 0.6) is 0 Å². The van der Waals surface area contributed by atoms with E-state index in [9.17, 15) is 0 Å². The molecular formula is C26H25ClN4O2. The highest BCUT2D eigenvalue weighted by Crippen LogP contribution is 2.68. The number of hydrogen-bond acceptors (Lipinski definition) is 5. The molecule has 0 radical (unpaired) electrons. The molecule has 4 aromatic rings. The van der Waals surface area contributed by atoms with Gasteiger partial charge in [0.05, 0.1) is 32.3 Å². The second-order valence-corrected chi connectivity index (χ2v) is 9.46. The number of imidazole rings is 1. The van der Waals surface area contributed by atoms with Gasteiger partial charge in [0.15, 0.2) is 10.8 Å². The minimum Gasteiger partial charge on any atom is -0.376 e. The van der Waals surface area contributed by atoms with Crippen LogP contribution in [0.15, 0.2) is 73.3 Å². The smallest absolute Gasteiger partial charge is 0.165 e. The van der Waals surface area contributed by atoms with E-state index in [0.717, 1.165) is 18.5 Å². The molecule has 6 rings (SSSR count). The van der Waals surface area contributed by atoms with Crippen LogP contribution >= 0.6 is 11.6 Å². The largest absolute Gasteiger partial charge is 0.376 e. The summed E-state index contributed by atoms with van der Waals surface area (Å²) in [5.74, 6) is 0.459. The number of fused-ring (bicyclic) bond motifs is 2. The number of nitrogens with zero attached hydrogens (tertiary/aromatic N) is 4. The van der Waals surface area contributed by atoms with Gasteiger partial charge in [0, 0.05) is 11.5 Å². The first kappa shape index (κ1) is 20.8. The molecule has 2 aliphatic rings. The van der Waals surface area contributed by atoms with Gasteiger partial charge in [-0.05, 0) is 29.9 Å². The quantitative estimate of drug-likeness (QED) is 0.337. The lowest BCUT2D eigenvalue weighted by atomic mass is 10.0. The number of hydrogen-bond donors (Lipinski definition) is 0. The van der Waals surface area contributed by atoms with Crippen molar-refractivity contribution in [2.75, 3.05) is 6.61 Å². The molecule has 2 aromatic carbocycles. The van der Waals surface area contributed by atoms with Gasteiger partial charge < -0.3 is 14.0 Å². The first-order valence-corrected chi connectivity index (χ1v) is 11.7. The van der Waals surface area contributed by atoms with E-state index >= 15 is 0 Å². The summed E-state index contributed by atoms with van der Waals surface area (Å²) in [7, 11) is 0. The molecule has 7 heteroatoms. The molecule has 0 amide bonds. The molecule has 0 spiro atoms. The van der Waals surface area contributed by atoms with Crippen LogP contribution < -0.4 is 0 Å². The first-order chi connectivity index (χ1) is 16.2. The molecule has 0 aliphatic heterocycles. The predicted molar refractivity (Wildman–Crippen MR) is 126 cm³/mol. The fourth-order valence-electron chi connectivity index (χ4n) is 5.43. The Morgan fingerprint density at radius 3 is 2.42 bits per heavy atom. The zero-order valence-electron chi connectivity index (χ0n) is 18.2. The van der Waals surface area contributed by atoms with Gasteiger partial charge in [-0.3, -0.25) is 0 Å². The highest BCUT2D eigenvalue weighted by Gasteiger charge is 2.68. The van der Waals surface area contributed by atoms with Crippen molar-refractivity contribution in [1.82, 2.24) is 19.5 Å². The van der Waals surface area contributed by atoms with Crippen LogP contribution in [0.25, 0.3) is 11.2 Å².